The summed E-state index contributed by atoms with van der Waals surface area (Å²) in [6, 6.07) is 3.99. The Hall–Kier alpha value is -2.81. The van der Waals surface area contributed by atoms with Gasteiger partial charge in [0.15, 0.2) is 0 Å². The molecule has 2 aromatic heterocycles. The second-order valence-electron chi connectivity index (χ2n) is 6.69. The molecule has 6 nitrogen and oxygen atoms in total. The summed E-state index contributed by atoms with van der Waals surface area (Å²) in [6.45, 7) is 0.0415. The minimum atomic E-state index is -2.87. The molecule has 0 spiro atoms. The van der Waals surface area contributed by atoms with Crippen LogP contribution in [0.15, 0.2) is 35.4 Å². The van der Waals surface area contributed by atoms with E-state index in [0.29, 0.717) is 17.1 Å². The first-order valence-corrected chi connectivity index (χ1v) is 8.73. The first-order valence-electron chi connectivity index (χ1n) is 8.35. The Labute approximate surface area is 161 Å². The Morgan fingerprint density at radius 3 is 2.64 bits per heavy atom. The molecule has 0 atom stereocenters. The van der Waals surface area contributed by atoms with Crippen LogP contribution in [0.2, 0.25) is 5.02 Å². The number of aromatic nitrogens is 3. The van der Waals surface area contributed by atoms with Crippen molar-refractivity contribution in [3.8, 4) is 11.3 Å². The lowest BCUT2D eigenvalue weighted by Gasteiger charge is -2.38. The molecule has 0 saturated carbocycles. The average molecular weight is 411 g/mol. The summed E-state index contributed by atoms with van der Waals surface area (Å²) in [7, 11) is 0. The number of likely N-dealkylation sites (tertiary alicyclic amines) is 1. The lowest BCUT2D eigenvalue weighted by molar-refractivity contribution is -0.166. The van der Waals surface area contributed by atoms with Crippen molar-refractivity contribution >= 4 is 23.0 Å². The number of fused-ring (bicyclic) bond motifs is 1. The highest BCUT2D eigenvalue weighted by atomic mass is 35.5. The van der Waals surface area contributed by atoms with Gasteiger partial charge in [0.25, 0.3) is 11.5 Å². The minimum Gasteiger partial charge on any atom is -0.329 e. The Bertz CT molecular complexity index is 1160. The second-order valence-corrected chi connectivity index (χ2v) is 7.10. The first-order chi connectivity index (χ1) is 13.2. The lowest BCUT2D eigenvalue weighted by atomic mass is 10.1. The van der Waals surface area contributed by atoms with Crippen LogP contribution in [-0.4, -0.2) is 43.8 Å². The largest absolute Gasteiger partial charge is 0.329 e. The van der Waals surface area contributed by atoms with Crippen LogP contribution in [-0.2, 0) is 11.3 Å². The van der Waals surface area contributed by atoms with Crippen molar-refractivity contribution in [2.75, 3.05) is 13.1 Å². The van der Waals surface area contributed by atoms with Crippen LogP contribution in [0.3, 0.4) is 0 Å². The third kappa shape index (κ3) is 3.05. The zero-order chi connectivity index (χ0) is 20.2. The van der Waals surface area contributed by atoms with Gasteiger partial charge in [-0.25, -0.2) is 18.2 Å². The Kier molecular flexibility index (Phi) is 4.22. The van der Waals surface area contributed by atoms with Crippen LogP contribution in [0, 0.1) is 12.7 Å². The number of imidazole rings is 1. The number of benzene rings is 1. The van der Waals surface area contributed by atoms with E-state index in [4.69, 9.17) is 11.6 Å². The van der Waals surface area contributed by atoms with E-state index < -0.39 is 36.3 Å². The van der Waals surface area contributed by atoms with Gasteiger partial charge in [0.05, 0.1) is 18.1 Å². The number of halogens is 4. The van der Waals surface area contributed by atoms with Crippen LogP contribution in [0.25, 0.3) is 16.8 Å². The van der Waals surface area contributed by atoms with Crippen molar-refractivity contribution in [2.45, 2.75) is 19.4 Å². The van der Waals surface area contributed by atoms with Crippen molar-refractivity contribution in [3.05, 3.63) is 57.6 Å². The smallest absolute Gasteiger partial charge is 0.282 e. The van der Waals surface area contributed by atoms with Crippen LogP contribution in [0.4, 0.5) is 13.2 Å². The predicted molar refractivity (Wildman–Crippen MR) is 96.1 cm³/mol. The van der Waals surface area contributed by atoms with Crippen molar-refractivity contribution < 1.29 is 18.0 Å². The van der Waals surface area contributed by atoms with Gasteiger partial charge < -0.3 is 9.47 Å². The SMILES string of the molecule is Cc1nc(-c2ccc(F)c(Cl)c2)c2c(=O)n(CC(=O)N3CC(F)(F)C3)ccn12. The van der Waals surface area contributed by atoms with E-state index in [-0.39, 0.29) is 17.1 Å². The molecular formula is C18H14ClF3N4O2. The molecule has 0 bridgehead atoms. The molecule has 1 aromatic carbocycles. The van der Waals surface area contributed by atoms with E-state index in [0.717, 1.165) is 9.47 Å². The lowest BCUT2D eigenvalue weighted by Crippen LogP contribution is -2.59. The van der Waals surface area contributed by atoms with Crippen molar-refractivity contribution in [2.24, 2.45) is 0 Å². The van der Waals surface area contributed by atoms with Gasteiger partial charge in [-0.05, 0) is 25.1 Å². The molecule has 1 aliphatic rings. The zero-order valence-corrected chi connectivity index (χ0v) is 15.4. The van der Waals surface area contributed by atoms with Gasteiger partial charge in [-0.2, -0.15) is 0 Å². The molecule has 4 rings (SSSR count). The summed E-state index contributed by atoms with van der Waals surface area (Å²) >= 11 is 5.84. The van der Waals surface area contributed by atoms with Crippen molar-refractivity contribution in [3.63, 3.8) is 0 Å². The molecule has 1 saturated heterocycles. The van der Waals surface area contributed by atoms with E-state index >= 15 is 0 Å². The summed E-state index contributed by atoms with van der Waals surface area (Å²) in [4.78, 5) is 30.5. The first kappa shape index (κ1) is 18.5. The highest BCUT2D eigenvalue weighted by molar-refractivity contribution is 6.31. The molecular weight excluding hydrogens is 397 g/mol. The van der Waals surface area contributed by atoms with Gasteiger partial charge >= 0.3 is 0 Å². The molecule has 1 fully saturated rings. The van der Waals surface area contributed by atoms with Gasteiger partial charge in [-0.15, -0.1) is 0 Å². The molecule has 0 radical (unpaired) electrons. The number of rotatable bonds is 3. The minimum absolute atomic E-state index is 0.110. The van der Waals surface area contributed by atoms with E-state index in [1.807, 2.05) is 0 Å². The molecule has 1 aliphatic heterocycles. The molecule has 10 heteroatoms. The number of carbonyl (C=O) groups excluding carboxylic acids is 1. The standard InChI is InChI=1S/C18H14ClF3N4O2/c1-10-23-15(11-2-3-13(20)12(19)6-11)16-17(28)24(4-5-26(10)16)7-14(27)25-8-18(21,22)9-25/h2-6H,7-9H2,1H3. The highest BCUT2D eigenvalue weighted by Crippen LogP contribution is 2.28. The molecule has 0 unspecified atom stereocenters. The summed E-state index contributed by atoms with van der Waals surface area (Å²) in [6.07, 6.45) is 2.97. The van der Waals surface area contributed by atoms with Crippen molar-refractivity contribution in [1.29, 1.82) is 0 Å². The van der Waals surface area contributed by atoms with E-state index in [2.05, 4.69) is 4.98 Å². The van der Waals surface area contributed by atoms with Gasteiger partial charge in [-0.3, -0.25) is 14.0 Å². The van der Waals surface area contributed by atoms with E-state index in [1.54, 1.807) is 17.5 Å². The maximum atomic E-state index is 13.5. The number of hydrogen-bond acceptors (Lipinski definition) is 3. The van der Waals surface area contributed by atoms with Gasteiger partial charge in [0.2, 0.25) is 5.91 Å². The second kappa shape index (κ2) is 6.37. The predicted octanol–water partition coefficient (Wildman–Crippen LogP) is 2.74. The maximum absolute atomic E-state index is 13.5. The normalized spacial score (nSPS) is 15.7. The summed E-state index contributed by atoms with van der Waals surface area (Å²) in [5.41, 5.74) is 0.408. The highest BCUT2D eigenvalue weighted by Gasteiger charge is 2.46. The fraction of sp³-hybridized carbons (Fsp3) is 0.278. The summed E-state index contributed by atoms with van der Waals surface area (Å²) < 4.78 is 42.1. The fourth-order valence-corrected chi connectivity index (χ4v) is 3.37. The van der Waals surface area contributed by atoms with E-state index in [9.17, 15) is 22.8 Å². The number of alkyl halides is 2. The van der Waals surface area contributed by atoms with Crippen LogP contribution < -0.4 is 5.56 Å². The molecule has 0 aliphatic carbocycles. The van der Waals surface area contributed by atoms with E-state index in [1.165, 1.54) is 24.4 Å². The molecule has 3 aromatic rings. The maximum Gasteiger partial charge on any atom is 0.282 e. The summed E-state index contributed by atoms with van der Waals surface area (Å²) in [5, 5.41) is -0.110. The zero-order valence-electron chi connectivity index (χ0n) is 14.6. The Morgan fingerprint density at radius 2 is 2.00 bits per heavy atom. The monoisotopic (exact) mass is 410 g/mol. The number of nitrogens with zero attached hydrogens (tertiary/aromatic N) is 4. The van der Waals surface area contributed by atoms with Gasteiger partial charge in [-0.1, -0.05) is 11.6 Å². The molecule has 0 N–H and O–H groups in total. The van der Waals surface area contributed by atoms with Crippen molar-refractivity contribution in [1.82, 2.24) is 18.9 Å². The topological polar surface area (TPSA) is 59.6 Å². The number of aryl methyl sites for hydroxylation is 1. The molecule has 146 valence electrons. The third-order valence-corrected chi connectivity index (χ3v) is 4.93. The van der Waals surface area contributed by atoms with Gasteiger partial charge in [0.1, 0.15) is 29.4 Å². The van der Waals surface area contributed by atoms with Gasteiger partial charge in [0, 0.05) is 18.0 Å². The average Bonchev–Trinajstić information content (AvgIpc) is 2.95. The number of carbonyl (C=O) groups is 1. The molecule has 3 heterocycles. The molecule has 1 amide bonds. The summed E-state index contributed by atoms with van der Waals surface area (Å²) in [5.74, 6) is -3.52. The fourth-order valence-electron chi connectivity index (χ4n) is 3.19. The number of amides is 1. The quantitative estimate of drug-likeness (QED) is 0.667. The number of hydrogen-bond donors (Lipinski definition) is 0. The Morgan fingerprint density at radius 1 is 1.29 bits per heavy atom. The Balaban J connectivity index is 1.75. The molecule has 28 heavy (non-hydrogen) atoms. The van der Waals surface area contributed by atoms with Crippen LogP contribution >= 0.6 is 11.6 Å². The van der Waals surface area contributed by atoms with Crippen LogP contribution in [0.5, 0.6) is 0 Å². The third-order valence-electron chi connectivity index (χ3n) is 4.64. The van der Waals surface area contributed by atoms with Crippen LogP contribution in [0.1, 0.15) is 5.82 Å².